The number of rotatable bonds is 5. The summed E-state index contributed by atoms with van der Waals surface area (Å²) in [4.78, 5) is 21.5. The highest BCUT2D eigenvalue weighted by molar-refractivity contribution is 7.99. The van der Waals surface area contributed by atoms with Gasteiger partial charge in [0.05, 0.1) is 18.4 Å². The van der Waals surface area contributed by atoms with Crippen molar-refractivity contribution in [2.75, 3.05) is 11.4 Å². The molecule has 16 heavy (non-hydrogen) atoms. The fourth-order valence-electron chi connectivity index (χ4n) is 1.10. The van der Waals surface area contributed by atoms with E-state index in [9.17, 15) is 9.59 Å². The average Bonchev–Trinajstić information content (AvgIpc) is 2.30. The van der Waals surface area contributed by atoms with Crippen LogP contribution in [-0.4, -0.2) is 24.6 Å². The van der Waals surface area contributed by atoms with Crippen molar-refractivity contribution in [3.05, 3.63) is 23.8 Å². The van der Waals surface area contributed by atoms with Crippen LogP contribution in [0.5, 0.6) is 5.75 Å². The minimum absolute atomic E-state index is 0.0234. The summed E-state index contributed by atoms with van der Waals surface area (Å²) in [5.74, 6) is -0.760. The van der Waals surface area contributed by atoms with Crippen LogP contribution in [0, 0.1) is 0 Å². The Morgan fingerprint density at radius 3 is 2.69 bits per heavy atom. The van der Waals surface area contributed by atoms with Gasteiger partial charge in [0.25, 0.3) is 0 Å². The van der Waals surface area contributed by atoms with Gasteiger partial charge in [-0.1, -0.05) is 0 Å². The lowest BCUT2D eigenvalue weighted by Gasteiger charge is -2.14. The van der Waals surface area contributed by atoms with E-state index in [0.717, 1.165) is 4.31 Å². The molecular weight excluding hydrogens is 232 g/mol. The fourth-order valence-corrected chi connectivity index (χ4v) is 1.38. The monoisotopic (exact) mass is 242 g/mol. The zero-order chi connectivity index (χ0) is 12.1. The molecule has 86 valence electrons. The molecule has 0 saturated heterocycles. The van der Waals surface area contributed by atoms with Gasteiger partial charge in [0.2, 0.25) is 6.41 Å². The predicted molar refractivity (Wildman–Crippen MR) is 60.3 cm³/mol. The van der Waals surface area contributed by atoms with E-state index in [1.807, 2.05) is 0 Å². The number of amides is 1. The van der Waals surface area contributed by atoms with Crippen molar-refractivity contribution in [3.8, 4) is 5.75 Å². The third-order valence-electron chi connectivity index (χ3n) is 1.84. The fraction of sp³-hybridized carbons (Fsp3) is 0.111. The van der Waals surface area contributed by atoms with Crippen molar-refractivity contribution < 1.29 is 19.4 Å². The Morgan fingerprint density at radius 2 is 2.25 bits per heavy atom. The lowest BCUT2D eigenvalue weighted by molar-refractivity contribution is -0.106. The Bertz CT molecular complexity index is 410. The van der Waals surface area contributed by atoms with Crippen LogP contribution in [0.1, 0.15) is 10.4 Å². The van der Waals surface area contributed by atoms with Crippen molar-refractivity contribution in [1.29, 1.82) is 0 Å². The van der Waals surface area contributed by atoms with Crippen molar-refractivity contribution in [2.24, 2.45) is 5.14 Å². The van der Waals surface area contributed by atoms with E-state index >= 15 is 0 Å². The highest BCUT2D eigenvalue weighted by Gasteiger charge is 2.11. The van der Waals surface area contributed by atoms with E-state index in [1.165, 1.54) is 25.3 Å². The molecule has 0 aliphatic heterocycles. The number of carboxylic acids is 1. The number of nitrogens with two attached hydrogens (primary N) is 1. The zero-order valence-electron chi connectivity index (χ0n) is 8.41. The van der Waals surface area contributed by atoms with Crippen molar-refractivity contribution in [2.45, 2.75) is 0 Å². The number of benzene rings is 1. The molecule has 0 radical (unpaired) electrons. The van der Waals surface area contributed by atoms with Gasteiger partial charge >= 0.3 is 5.97 Å². The molecule has 0 unspecified atom stereocenters. The number of carbonyl (C=O) groups excluding carboxylic acids is 1. The number of hydrogen-bond acceptors (Lipinski definition) is 5. The molecule has 0 aromatic heterocycles. The van der Waals surface area contributed by atoms with E-state index in [1.54, 1.807) is 0 Å². The van der Waals surface area contributed by atoms with Gasteiger partial charge in [-0.25, -0.2) is 9.10 Å². The van der Waals surface area contributed by atoms with Crippen LogP contribution in [0.15, 0.2) is 18.2 Å². The standard InChI is InChI=1S/C9H10N2O4S/c1-15-8-3-6(9(13)14)2-7(4-8)11(5-12)16-10/h2-5H,10H2,1H3,(H,13,14). The van der Waals surface area contributed by atoms with Crippen molar-refractivity contribution >= 4 is 30.2 Å². The number of ether oxygens (including phenoxy) is 1. The Balaban J connectivity index is 3.22. The highest BCUT2D eigenvalue weighted by Crippen LogP contribution is 2.25. The predicted octanol–water partition coefficient (Wildman–Crippen LogP) is 0.878. The number of anilines is 1. The van der Waals surface area contributed by atoms with E-state index in [2.05, 4.69) is 0 Å². The molecule has 0 aliphatic carbocycles. The third-order valence-corrected chi connectivity index (χ3v) is 2.36. The normalized spacial score (nSPS) is 9.62. The van der Waals surface area contributed by atoms with Gasteiger partial charge in [0.1, 0.15) is 5.75 Å². The zero-order valence-corrected chi connectivity index (χ0v) is 9.23. The van der Waals surface area contributed by atoms with E-state index in [4.69, 9.17) is 15.0 Å². The number of carbonyl (C=O) groups is 2. The van der Waals surface area contributed by atoms with Crippen LogP contribution in [0.4, 0.5) is 5.69 Å². The van der Waals surface area contributed by atoms with E-state index < -0.39 is 5.97 Å². The number of methoxy groups -OCH3 is 1. The molecule has 0 fully saturated rings. The van der Waals surface area contributed by atoms with Crippen LogP contribution < -0.4 is 14.2 Å². The third kappa shape index (κ3) is 2.65. The van der Waals surface area contributed by atoms with Gasteiger partial charge in [-0.3, -0.25) is 9.93 Å². The first-order valence-corrected chi connectivity index (χ1v) is 4.99. The maximum Gasteiger partial charge on any atom is 0.335 e. The minimum Gasteiger partial charge on any atom is -0.497 e. The molecule has 0 saturated carbocycles. The molecule has 0 spiro atoms. The highest BCUT2D eigenvalue weighted by atomic mass is 32.2. The van der Waals surface area contributed by atoms with Crippen LogP contribution in [0.25, 0.3) is 0 Å². The molecule has 3 N–H and O–H groups in total. The largest absolute Gasteiger partial charge is 0.497 e. The summed E-state index contributed by atoms with van der Waals surface area (Å²) >= 11 is 0.679. The van der Waals surface area contributed by atoms with E-state index in [-0.39, 0.29) is 5.56 Å². The molecule has 0 bridgehead atoms. The Morgan fingerprint density at radius 1 is 1.56 bits per heavy atom. The SMILES string of the molecule is COc1cc(C(=O)O)cc(N(C=O)SN)c1. The molecular formula is C9H10N2O4S. The van der Waals surface area contributed by atoms with Gasteiger partial charge < -0.3 is 9.84 Å². The van der Waals surface area contributed by atoms with Crippen molar-refractivity contribution in [1.82, 2.24) is 0 Å². The van der Waals surface area contributed by atoms with Crippen LogP contribution in [0.2, 0.25) is 0 Å². The maximum absolute atomic E-state index is 10.8. The van der Waals surface area contributed by atoms with Crippen LogP contribution in [0.3, 0.4) is 0 Å². The summed E-state index contributed by atoms with van der Waals surface area (Å²) in [6, 6.07) is 4.20. The summed E-state index contributed by atoms with van der Waals surface area (Å²) in [5.41, 5.74) is 0.370. The summed E-state index contributed by atoms with van der Waals surface area (Å²) in [6.45, 7) is 0. The quantitative estimate of drug-likeness (QED) is 0.588. The van der Waals surface area contributed by atoms with Crippen LogP contribution >= 0.6 is 12.1 Å². The van der Waals surface area contributed by atoms with Gasteiger partial charge in [-0.05, 0) is 12.1 Å². The molecule has 6 nitrogen and oxygen atoms in total. The van der Waals surface area contributed by atoms with Gasteiger partial charge in [-0.15, -0.1) is 0 Å². The molecule has 0 heterocycles. The Hall–Kier alpha value is -1.73. The smallest absolute Gasteiger partial charge is 0.335 e. The van der Waals surface area contributed by atoms with Gasteiger partial charge in [0.15, 0.2) is 0 Å². The minimum atomic E-state index is -1.10. The first-order valence-electron chi connectivity index (χ1n) is 4.16. The molecule has 1 amide bonds. The van der Waals surface area contributed by atoms with Crippen molar-refractivity contribution in [3.63, 3.8) is 0 Å². The lowest BCUT2D eigenvalue weighted by atomic mass is 10.2. The number of carboxylic acid groups (broad SMARTS) is 1. The number of nitrogens with zero attached hydrogens (tertiary/aromatic N) is 1. The Labute approximate surface area is 96.3 Å². The summed E-state index contributed by atoms with van der Waals surface area (Å²) in [6.07, 6.45) is 0.491. The van der Waals surface area contributed by atoms with Crippen LogP contribution in [-0.2, 0) is 4.79 Å². The molecule has 7 heteroatoms. The molecule has 0 atom stereocenters. The molecule has 1 rings (SSSR count). The second kappa shape index (κ2) is 5.38. The first-order chi connectivity index (χ1) is 7.62. The summed E-state index contributed by atoms with van der Waals surface area (Å²) < 4.78 is 6.02. The first kappa shape index (κ1) is 12.3. The molecule has 1 aromatic rings. The Kier molecular flexibility index (Phi) is 4.15. The second-order valence-corrected chi connectivity index (χ2v) is 3.37. The molecule has 1 aromatic carbocycles. The topological polar surface area (TPSA) is 92.9 Å². The summed E-state index contributed by atoms with van der Waals surface area (Å²) in [7, 11) is 1.41. The summed E-state index contributed by atoms with van der Waals surface area (Å²) in [5, 5.41) is 14.1. The average molecular weight is 242 g/mol. The molecule has 0 aliphatic rings. The number of hydrogen-bond donors (Lipinski definition) is 2. The maximum atomic E-state index is 10.8. The number of aromatic carboxylic acids is 1. The van der Waals surface area contributed by atoms with Gasteiger partial charge in [-0.2, -0.15) is 0 Å². The van der Waals surface area contributed by atoms with E-state index in [0.29, 0.717) is 30.0 Å². The second-order valence-electron chi connectivity index (χ2n) is 2.76. The van der Waals surface area contributed by atoms with Gasteiger partial charge in [0, 0.05) is 18.2 Å². The lowest BCUT2D eigenvalue weighted by Crippen LogP contribution is -2.14.